The van der Waals surface area contributed by atoms with Crippen molar-refractivity contribution in [3.63, 3.8) is 0 Å². The lowest BCUT2D eigenvalue weighted by atomic mass is 10.2. The molecule has 0 aliphatic rings. The van der Waals surface area contributed by atoms with Gasteiger partial charge in [0.25, 0.3) is 0 Å². The fraction of sp³-hybridized carbons (Fsp3) is 0.143. The first-order chi connectivity index (χ1) is 6.00. The predicted molar refractivity (Wildman–Crippen MR) is 46.7 cm³/mol. The van der Waals surface area contributed by atoms with Crippen molar-refractivity contribution >= 4 is 21.6 Å². The van der Waals surface area contributed by atoms with E-state index < -0.39 is 28.8 Å². The van der Waals surface area contributed by atoms with Crippen LogP contribution in [0.5, 0.6) is 11.5 Å². The summed E-state index contributed by atoms with van der Waals surface area (Å²) in [4.78, 5) is 0. The zero-order chi connectivity index (χ0) is 10.2. The zero-order valence-corrected chi connectivity index (χ0v) is 8.15. The summed E-state index contributed by atoms with van der Waals surface area (Å²) in [6, 6.07) is 0. The van der Waals surface area contributed by atoms with E-state index in [9.17, 15) is 8.78 Å². The third kappa shape index (κ3) is 1.41. The summed E-state index contributed by atoms with van der Waals surface area (Å²) in [6.07, 6.45) is 0. The molecule has 0 unspecified atom stereocenters. The average Bonchev–Trinajstić information content (AvgIpc) is 2.13. The number of methoxy groups -OCH3 is 1. The second-order valence-electron chi connectivity index (χ2n) is 2.24. The van der Waals surface area contributed by atoms with Crippen LogP contribution in [0.15, 0.2) is 4.47 Å². The summed E-state index contributed by atoms with van der Waals surface area (Å²) >= 11 is 2.75. The van der Waals surface area contributed by atoms with Gasteiger partial charge >= 0.3 is 0 Å². The number of ether oxygens (including phenoxy) is 1. The van der Waals surface area contributed by atoms with Crippen LogP contribution in [0.25, 0.3) is 0 Å². The number of nitrogen functional groups attached to an aromatic ring is 1. The minimum atomic E-state index is -1.21. The molecule has 1 aromatic carbocycles. The van der Waals surface area contributed by atoms with Crippen LogP contribution in [0, 0.1) is 11.6 Å². The molecule has 3 nitrogen and oxygen atoms in total. The van der Waals surface area contributed by atoms with Crippen molar-refractivity contribution in [2.45, 2.75) is 0 Å². The molecule has 0 fully saturated rings. The molecule has 0 heterocycles. The predicted octanol–water partition coefficient (Wildman–Crippen LogP) is 2.02. The maximum atomic E-state index is 13.1. The Morgan fingerprint density at radius 2 is 1.92 bits per heavy atom. The van der Waals surface area contributed by atoms with E-state index in [1.807, 2.05) is 0 Å². The Bertz CT molecular complexity index is 328. The SMILES string of the molecule is COc1c(F)c(O)c(N)c(Br)c1F. The molecule has 3 N–H and O–H groups in total. The number of rotatable bonds is 1. The maximum Gasteiger partial charge on any atom is 0.211 e. The molecular weight excluding hydrogens is 248 g/mol. The Kier molecular flexibility index (Phi) is 2.60. The van der Waals surface area contributed by atoms with Gasteiger partial charge in [0.1, 0.15) is 0 Å². The molecule has 0 saturated heterocycles. The lowest BCUT2D eigenvalue weighted by Crippen LogP contribution is -1.99. The lowest BCUT2D eigenvalue weighted by Gasteiger charge is -2.09. The second kappa shape index (κ2) is 3.37. The highest BCUT2D eigenvalue weighted by atomic mass is 79.9. The Morgan fingerprint density at radius 3 is 2.38 bits per heavy atom. The van der Waals surface area contributed by atoms with Gasteiger partial charge in [-0.1, -0.05) is 0 Å². The van der Waals surface area contributed by atoms with E-state index >= 15 is 0 Å². The second-order valence-corrected chi connectivity index (χ2v) is 3.03. The Balaban J connectivity index is 3.56. The normalized spacial score (nSPS) is 10.2. The van der Waals surface area contributed by atoms with Crippen LogP contribution in [-0.2, 0) is 0 Å². The van der Waals surface area contributed by atoms with E-state index in [0.717, 1.165) is 7.11 Å². The van der Waals surface area contributed by atoms with Crippen molar-refractivity contribution in [2.75, 3.05) is 12.8 Å². The van der Waals surface area contributed by atoms with Gasteiger partial charge in [-0.2, -0.15) is 4.39 Å². The summed E-state index contributed by atoms with van der Waals surface area (Å²) in [7, 11) is 1.09. The summed E-state index contributed by atoms with van der Waals surface area (Å²) in [5, 5.41) is 9.05. The smallest absolute Gasteiger partial charge is 0.211 e. The molecule has 0 aliphatic heterocycles. The molecule has 0 radical (unpaired) electrons. The molecule has 0 saturated carbocycles. The van der Waals surface area contributed by atoms with Crippen molar-refractivity contribution in [3.05, 3.63) is 16.1 Å². The number of hydrogen-bond donors (Lipinski definition) is 2. The maximum absolute atomic E-state index is 13.1. The zero-order valence-electron chi connectivity index (χ0n) is 6.57. The number of aromatic hydroxyl groups is 1. The first kappa shape index (κ1) is 10.0. The van der Waals surface area contributed by atoms with Crippen molar-refractivity contribution in [1.29, 1.82) is 0 Å². The van der Waals surface area contributed by atoms with Crippen molar-refractivity contribution < 1.29 is 18.6 Å². The number of hydrogen-bond acceptors (Lipinski definition) is 3. The van der Waals surface area contributed by atoms with Gasteiger partial charge in [-0.15, -0.1) is 0 Å². The minimum Gasteiger partial charge on any atom is -0.503 e. The van der Waals surface area contributed by atoms with E-state index in [0.29, 0.717) is 0 Å². The molecule has 1 aromatic rings. The molecule has 6 heteroatoms. The number of nitrogens with two attached hydrogens (primary N) is 1. The van der Waals surface area contributed by atoms with Crippen LogP contribution in [-0.4, -0.2) is 12.2 Å². The largest absolute Gasteiger partial charge is 0.503 e. The van der Waals surface area contributed by atoms with E-state index in [1.54, 1.807) is 0 Å². The van der Waals surface area contributed by atoms with E-state index in [2.05, 4.69) is 20.7 Å². The highest BCUT2D eigenvalue weighted by molar-refractivity contribution is 9.10. The molecule has 13 heavy (non-hydrogen) atoms. The molecule has 0 amide bonds. The van der Waals surface area contributed by atoms with Crippen LogP contribution < -0.4 is 10.5 Å². The van der Waals surface area contributed by atoms with E-state index in [-0.39, 0.29) is 4.47 Å². The average molecular weight is 254 g/mol. The highest BCUT2D eigenvalue weighted by Gasteiger charge is 2.22. The third-order valence-electron chi connectivity index (χ3n) is 1.50. The number of phenols is 1. The van der Waals surface area contributed by atoms with Gasteiger partial charge in [0.15, 0.2) is 17.3 Å². The van der Waals surface area contributed by atoms with Gasteiger partial charge in [0.05, 0.1) is 17.3 Å². The van der Waals surface area contributed by atoms with Gasteiger partial charge in [0.2, 0.25) is 5.82 Å². The molecule has 0 aromatic heterocycles. The van der Waals surface area contributed by atoms with Crippen LogP contribution >= 0.6 is 15.9 Å². The standard InChI is InChI=1S/C7H6BrF2NO2/c1-13-7-3(9)2(8)5(11)6(12)4(7)10/h12H,11H2,1H3. The van der Waals surface area contributed by atoms with Crippen LogP contribution in [0.4, 0.5) is 14.5 Å². The topological polar surface area (TPSA) is 55.5 Å². The van der Waals surface area contributed by atoms with Gasteiger partial charge in [0, 0.05) is 0 Å². The summed E-state index contributed by atoms with van der Waals surface area (Å²) in [5.41, 5.74) is 4.78. The summed E-state index contributed by atoms with van der Waals surface area (Å²) in [6.45, 7) is 0. The highest BCUT2D eigenvalue weighted by Crippen LogP contribution is 2.40. The first-order valence-corrected chi connectivity index (χ1v) is 3.98. The quantitative estimate of drug-likeness (QED) is 0.458. The fourth-order valence-electron chi connectivity index (χ4n) is 0.823. The number of phenolic OH excluding ortho intramolecular Hbond substituents is 1. The molecule has 72 valence electrons. The Morgan fingerprint density at radius 1 is 1.38 bits per heavy atom. The van der Waals surface area contributed by atoms with Crippen LogP contribution in [0.1, 0.15) is 0 Å². The number of anilines is 1. The minimum absolute atomic E-state index is 0.219. The van der Waals surface area contributed by atoms with Gasteiger partial charge in [-0.3, -0.25) is 0 Å². The monoisotopic (exact) mass is 253 g/mol. The van der Waals surface area contributed by atoms with E-state index in [1.165, 1.54) is 0 Å². The van der Waals surface area contributed by atoms with Crippen LogP contribution in [0.3, 0.4) is 0 Å². The van der Waals surface area contributed by atoms with E-state index in [4.69, 9.17) is 10.8 Å². The molecule has 0 aliphatic carbocycles. The van der Waals surface area contributed by atoms with Crippen molar-refractivity contribution in [1.82, 2.24) is 0 Å². The van der Waals surface area contributed by atoms with Gasteiger partial charge in [-0.05, 0) is 15.9 Å². The first-order valence-electron chi connectivity index (χ1n) is 3.19. The molecule has 0 atom stereocenters. The molecular formula is C7H6BrF2NO2. The molecule has 0 bridgehead atoms. The number of halogens is 3. The Labute approximate surface area is 81.2 Å². The van der Waals surface area contributed by atoms with Gasteiger partial charge < -0.3 is 15.6 Å². The number of benzene rings is 1. The third-order valence-corrected chi connectivity index (χ3v) is 2.27. The fourth-order valence-corrected chi connectivity index (χ4v) is 1.19. The van der Waals surface area contributed by atoms with Crippen molar-refractivity contribution in [3.8, 4) is 11.5 Å². The Hall–Kier alpha value is -1.04. The molecule has 1 rings (SSSR count). The van der Waals surface area contributed by atoms with Gasteiger partial charge in [-0.25, -0.2) is 4.39 Å². The lowest BCUT2D eigenvalue weighted by molar-refractivity contribution is 0.342. The molecule has 0 spiro atoms. The van der Waals surface area contributed by atoms with Crippen LogP contribution in [0.2, 0.25) is 0 Å². The van der Waals surface area contributed by atoms with Crippen molar-refractivity contribution in [2.24, 2.45) is 0 Å². The summed E-state index contributed by atoms with van der Waals surface area (Å²) < 4.78 is 30.3. The summed E-state index contributed by atoms with van der Waals surface area (Å²) in [5.74, 6) is -3.68.